The molecule has 2 rings (SSSR count). The molecule has 3 heteroatoms. The van der Waals surface area contributed by atoms with Gasteiger partial charge in [-0.2, -0.15) is 5.10 Å². The largest absolute Gasteiger partial charge is 0.324 e. The molecule has 0 radical (unpaired) electrons. The van der Waals surface area contributed by atoms with Crippen LogP contribution in [-0.4, -0.2) is 9.78 Å². The summed E-state index contributed by atoms with van der Waals surface area (Å²) in [6.07, 6.45) is 8.34. The molecule has 1 aliphatic rings. The molecule has 1 fully saturated rings. The highest BCUT2D eigenvalue weighted by Crippen LogP contribution is 2.34. The third-order valence-corrected chi connectivity index (χ3v) is 3.48. The lowest BCUT2D eigenvalue weighted by atomic mass is 9.80. The van der Waals surface area contributed by atoms with E-state index < -0.39 is 0 Å². The molecule has 1 aromatic heterocycles. The van der Waals surface area contributed by atoms with Gasteiger partial charge in [-0.3, -0.25) is 4.68 Å². The summed E-state index contributed by atoms with van der Waals surface area (Å²) in [5.74, 6) is 0.866. The van der Waals surface area contributed by atoms with E-state index in [1.165, 1.54) is 30.5 Å². The van der Waals surface area contributed by atoms with E-state index in [9.17, 15) is 0 Å². The standard InChI is InChI=1S/C12H21N3/c1-3-12-10(8-15(2)14-12)11(13)7-9-5-4-6-9/h8-9,11H,3-7,13H2,1-2H3. The van der Waals surface area contributed by atoms with Gasteiger partial charge >= 0.3 is 0 Å². The highest BCUT2D eigenvalue weighted by Gasteiger charge is 2.23. The Kier molecular flexibility index (Phi) is 3.10. The maximum absolute atomic E-state index is 6.24. The van der Waals surface area contributed by atoms with Crippen LogP contribution < -0.4 is 5.73 Å². The molecule has 0 aliphatic heterocycles. The molecule has 2 N–H and O–H groups in total. The van der Waals surface area contributed by atoms with Crippen molar-refractivity contribution in [2.45, 2.75) is 45.1 Å². The second kappa shape index (κ2) is 4.35. The number of nitrogens with zero attached hydrogens (tertiary/aromatic N) is 2. The van der Waals surface area contributed by atoms with Crippen LogP contribution in [0.15, 0.2) is 6.20 Å². The summed E-state index contributed by atoms with van der Waals surface area (Å²) in [6.45, 7) is 2.14. The van der Waals surface area contributed by atoms with E-state index in [1.54, 1.807) is 0 Å². The lowest BCUT2D eigenvalue weighted by Gasteiger charge is -2.28. The number of hydrogen-bond acceptors (Lipinski definition) is 2. The van der Waals surface area contributed by atoms with Crippen molar-refractivity contribution in [3.63, 3.8) is 0 Å². The molecule has 0 aromatic carbocycles. The average Bonchev–Trinajstić information content (AvgIpc) is 2.53. The Morgan fingerprint density at radius 2 is 2.33 bits per heavy atom. The van der Waals surface area contributed by atoms with Crippen LogP contribution in [0.3, 0.4) is 0 Å². The quantitative estimate of drug-likeness (QED) is 0.822. The van der Waals surface area contributed by atoms with E-state index in [4.69, 9.17) is 5.73 Å². The Bertz CT molecular complexity index is 326. The summed E-state index contributed by atoms with van der Waals surface area (Å²) in [5, 5.41) is 4.44. The third-order valence-electron chi connectivity index (χ3n) is 3.48. The first-order valence-electron chi connectivity index (χ1n) is 5.98. The molecule has 1 aromatic rings. The molecule has 1 heterocycles. The van der Waals surface area contributed by atoms with Crippen LogP contribution in [0.25, 0.3) is 0 Å². The van der Waals surface area contributed by atoms with Crippen molar-refractivity contribution in [1.82, 2.24) is 9.78 Å². The highest BCUT2D eigenvalue weighted by atomic mass is 15.3. The topological polar surface area (TPSA) is 43.8 Å². The lowest BCUT2D eigenvalue weighted by molar-refractivity contribution is 0.277. The molecule has 3 nitrogen and oxygen atoms in total. The second-order valence-electron chi connectivity index (χ2n) is 4.70. The van der Waals surface area contributed by atoms with E-state index in [0.29, 0.717) is 0 Å². The van der Waals surface area contributed by atoms with Crippen LogP contribution in [0.2, 0.25) is 0 Å². The maximum atomic E-state index is 6.24. The highest BCUT2D eigenvalue weighted by molar-refractivity contribution is 5.21. The van der Waals surface area contributed by atoms with Gasteiger partial charge in [-0.1, -0.05) is 26.2 Å². The monoisotopic (exact) mass is 207 g/mol. The number of nitrogens with two attached hydrogens (primary N) is 1. The van der Waals surface area contributed by atoms with Gasteiger partial charge in [0.25, 0.3) is 0 Å². The van der Waals surface area contributed by atoms with Gasteiger partial charge in [0, 0.05) is 24.8 Å². The van der Waals surface area contributed by atoms with Crippen molar-refractivity contribution >= 4 is 0 Å². The lowest BCUT2D eigenvalue weighted by Crippen LogP contribution is -2.20. The van der Waals surface area contributed by atoms with Crippen molar-refractivity contribution in [2.75, 3.05) is 0 Å². The average molecular weight is 207 g/mol. The predicted molar refractivity (Wildman–Crippen MR) is 61.5 cm³/mol. The Labute approximate surface area is 91.7 Å². The van der Waals surface area contributed by atoms with E-state index in [2.05, 4.69) is 18.2 Å². The van der Waals surface area contributed by atoms with E-state index in [1.807, 2.05) is 11.7 Å². The van der Waals surface area contributed by atoms with Crippen molar-refractivity contribution in [1.29, 1.82) is 0 Å². The fourth-order valence-electron chi connectivity index (χ4n) is 2.35. The van der Waals surface area contributed by atoms with Crippen molar-refractivity contribution in [3.05, 3.63) is 17.5 Å². The normalized spacial score (nSPS) is 18.9. The number of aryl methyl sites for hydroxylation is 2. The first-order valence-corrected chi connectivity index (χ1v) is 5.98. The molecule has 1 atom stereocenters. The summed E-state index contributed by atoms with van der Waals surface area (Å²) < 4.78 is 1.88. The molecule has 0 saturated heterocycles. The van der Waals surface area contributed by atoms with E-state index >= 15 is 0 Å². The Balaban J connectivity index is 2.05. The first kappa shape index (κ1) is 10.7. The van der Waals surface area contributed by atoms with Gasteiger partial charge in [-0.05, 0) is 18.8 Å². The summed E-state index contributed by atoms with van der Waals surface area (Å²) in [5.41, 5.74) is 8.67. The van der Waals surface area contributed by atoms with Crippen LogP contribution in [-0.2, 0) is 13.5 Å². The number of aromatic nitrogens is 2. The Hall–Kier alpha value is -0.830. The molecule has 1 aliphatic carbocycles. The van der Waals surface area contributed by atoms with Crippen molar-refractivity contribution < 1.29 is 0 Å². The summed E-state index contributed by atoms with van der Waals surface area (Å²) in [6, 6.07) is 0.193. The van der Waals surface area contributed by atoms with Crippen LogP contribution >= 0.6 is 0 Å². The van der Waals surface area contributed by atoms with Crippen molar-refractivity contribution in [3.8, 4) is 0 Å². The molecule has 0 spiro atoms. The van der Waals surface area contributed by atoms with Gasteiger partial charge in [0.15, 0.2) is 0 Å². The van der Waals surface area contributed by atoms with Crippen LogP contribution in [0.5, 0.6) is 0 Å². The Morgan fingerprint density at radius 1 is 1.60 bits per heavy atom. The molecule has 0 amide bonds. The fourth-order valence-corrected chi connectivity index (χ4v) is 2.35. The molecular formula is C12H21N3. The molecule has 0 bridgehead atoms. The van der Waals surface area contributed by atoms with Gasteiger partial charge in [0.1, 0.15) is 0 Å². The van der Waals surface area contributed by atoms with Crippen molar-refractivity contribution in [2.24, 2.45) is 18.7 Å². The molecule has 15 heavy (non-hydrogen) atoms. The van der Waals surface area contributed by atoms with E-state index in [0.717, 1.165) is 18.8 Å². The Morgan fingerprint density at radius 3 is 2.87 bits per heavy atom. The molecule has 1 unspecified atom stereocenters. The zero-order valence-corrected chi connectivity index (χ0v) is 9.74. The van der Waals surface area contributed by atoms with Crippen LogP contribution in [0.1, 0.15) is 49.9 Å². The van der Waals surface area contributed by atoms with E-state index in [-0.39, 0.29) is 6.04 Å². The van der Waals surface area contributed by atoms with Gasteiger partial charge in [0.2, 0.25) is 0 Å². The molecular weight excluding hydrogens is 186 g/mol. The molecule has 1 saturated carbocycles. The minimum atomic E-state index is 0.193. The summed E-state index contributed by atoms with van der Waals surface area (Å²) >= 11 is 0. The number of rotatable bonds is 4. The fraction of sp³-hybridized carbons (Fsp3) is 0.750. The second-order valence-corrected chi connectivity index (χ2v) is 4.70. The minimum Gasteiger partial charge on any atom is -0.324 e. The zero-order chi connectivity index (χ0) is 10.8. The van der Waals surface area contributed by atoms with Gasteiger partial charge < -0.3 is 5.73 Å². The van der Waals surface area contributed by atoms with Crippen LogP contribution in [0.4, 0.5) is 0 Å². The summed E-state index contributed by atoms with van der Waals surface area (Å²) in [7, 11) is 1.97. The van der Waals surface area contributed by atoms with Gasteiger partial charge in [0.05, 0.1) is 5.69 Å². The zero-order valence-electron chi connectivity index (χ0n) is 9.74. The van der Waals surface area contributed by atoms with Gasteiger partial charge in [-0.25, -0.2) is 0 Å². The predicted octanol–water partition coefficient (Wildman–Crippen LogP) is 2.17. The number of hydrogen-bond donors (Lipinski definition) is 1. The van der Waals surface area contributed by atoms with Gasteiger partial charge in [-0.15, -0.1) is 0 Å². The third kappa shape index (κ3) is 2.23. The first-order chi connectivity index (χ1) is 7.20. The van der Waals surface area contributed by atoms with Crippen LogP contribution in [0, 0.1) is 5.92 Å². The summed E-state index contributed by atoms with van der Waals surface area (Å²) in [4.78, 5) is 0. The maximum Gasteiger partial charge on any atom is 0.0669 e. The molecule has 84 valence electrons. The smallest absolute Gasteiger partial charge is 0.0669 e. The SMILES string of the molecule is CCc1nn(C)cc1C(N)CC1CCC1. The minimum absolute atomic E-state index is 0.193.